The van der Waals surface area contributed by atoms with Gasteiger partial charge in [-0.05, 0) is 132 Å². The Morgan fingerprint density at radius 3 is 0.796 bits per heavy atom. The smallest absolute Gasteiger partial charge is 0.328 e. The molecule has 3 aliphatic carbocycles. The molecule has 9 N–H and O–H groups in total. The zero-order valence-corrected chi connectivity index (χ0v) is 54.7. The standard InChI is InChI=1S/3C21H27N5O4S/c3*1-15-13-24-19(14-23-15)20(27)22-12-11-16-7-9-18(10-8-16)31(29,30)26-21(28)25-17-5-3-2-4-6-17/h3*7-10,13-14,17H,2-6,11-12H2,1H3,(H,22,27)(H2,25,26,28). The first-order valence-electron chi connectivity index (χ1n) is 31.0. The molecule has 0 bridgehead atoms. The number of amides is 9. The van der Waals surface area contributed by atoms with Crippen molar-refractivity contribution in [2.24, 2.45) is 0 Å². The molecule has 3 heterocycles. The summed E-state index contributed by atoms with van der Waals surface area (Å²) in [4.78, 5) is 96.5. The van der Waals surface area contributed by atoms with Crippen LogP contribution in [0, 0.1) is 20.8 Å². The molecule has 93 heavy (non-hydrogen) atoms. The summed E-state index contributed by atoms with van der Waals surface area (Å²) in [7, 11) is -11.8. The molecule has 0 atom stereocenters. The molecule has 3 aromatic carbocycles. The van der Waals surface area contributed by atoms with Gasteiger partial charge in [-0.1, -0.05) is 94.2 Å². The van der Waals surface area contributed by atoms with Crippen molar-refractivity contribution in [3.63, 3.8) is 0 Å². The van der Waals surface area contributed by atoms with Crippen LogP contribution in [-0.2, 0) is 49.3 Å². The Balaban J connectivity index is 0.000000198. The number of urea groups is 3. The van der Waals surface area contributed by atoms with E-state index >= 15 is 0 Å². The van der Waals surface area contributed by atoms with Crippen LogP contribution in [0.2, 0.25) is 0 Å². The molecule has 9 amide bonds. The number of hydrogen-bond acceptors (Lipinski definition) is 18. The second-order valence-electron chi connectivity index (χ2n) is 22.8. The van der Waals surface area contributed by atoms with Crippen LogP contribution >= 0.6 is 0 Å². The molecule has 30 heteroatoms. The molecule has 9 rings (SSSR count). The lowest BCUT2D eigenvalue weighted by Gasteiger charge is -2.22. The zero-order chi connectivity index (χ0) is 66.8. The summed E-state index contributed by atoms with van der Waals surface area (Å²) in [6.07, 6.45) is 25.3. The molecular weight excluding hydrogens is 1250 g/mol. The summed E-state index contributed by atoms with van der Waals surface area (Å²) in [6, 6.07) is 16.6. The van der Waals surface area contributed by atoms with E-state index in [4.69, 9.17) is 0 Å². The predicted molar refractivity (Wildman–Crippen MR) is 345 cm³/mol. The van der Waals surface area contributed by atoms with E-state index in [1.54, 1.807) is 57.2 Å². The van der Waals surface area contributed by atoms with Gasteiger partial charge in [0.2, 0.25) is 0 Å². The third-order valence-electron chi connectivity index (χ3n) is 15.3. The van der Waals surface area contributed by atoms with Gasteiger partial charge in [0, 0.05) is 56.4 Å². The molecule has 0 saturated heterocycles. The number of hydrogen-bond donors (Lipinski definition) is 9. The van der Waals surface area contributed by atoms with Crippen LogP contribution in [0.1, 0.15) is 162 Å². The van der Waals surface area contributed by atoms with Crippen LogP contribution in [0.5, 0.6) is 0 Å². The largest absolute Gasteiger partial charge is 0.350 e. The fourth-order valence-electron chi connectivity index (χ4n) is 10.2. The van der Waals surface area contributed by atoms with E-state index in [9.17, 15) is 54.0 Å². The van der Waals surface area contributed by atoms with E-state index in [1.807, 2.05) is 0 Å². The maximum absolute atomic E-state index is 12.4. The Morgan fingerprint density at radius 1 is 0.344 bits per heavy atom. The van der Waals surface area contributed by atoms with E-state index in [1.165, 1.54) is 73.6 Å². The van der Waals surface area contributed by atoms with Crippen LogP contribution in [0.3, 0.4) is 0 Å². The van der Waals surface area contributed by atoms with Crippen molar-refractivity contribution in [2.45, 2.75) is 169 Å². The highest BCUT2D eigenvalue weighted by molar-refractivity contribution is 7.90. The van der Waals surface area contributed by atoms with E-state index in [2.05, 4.69) is 76.0 Å². The molecule has 27 nitrogen and oxygen atoms in total. The maximum Gasteiger partial charge on any atom is 0.328 e. The monoisotopic (exact) mass is 1340 g/mol. The summed E-state index contributed by atoms with van der Waals surface area (Å²) < 4.78 is 80.8. The minimum atomic E-state index is -3.95. The highest BCUT2D eigenvalue weighted by Crippen LogP contribution is 2.21. The molecule has 0 aliphatic heterocycles. The van der Waals surface area contributed by atoms with Crippen molar-refractivity contribution >= 4 is 65.9 Å². The number of aromatic nitrogens is 6. The third-order valence-corrected chi connectivity index (χ3v) is 19.4. The van der Waals surface area contributed by atoms with Crippen molar-refractivity contribution in [3.05, 3.63) is 161 Å². The topological polar surface area (TPSA) is 390 Å². The average Bonchev–Trinajstić information content (AvgIpc) is 1.27. The average molecular weight is 1340 g/mol. The summed E-state index contributed by atoms with van der Waals surface area (Å²) in [6.45, 7) is 6.46. The quantitative estimate of drug-likeness (QED) is 0.0385. The number of carbonyl (C=O) groups is 6. The number of rotatable bonds is 21. The van der Waals surface area contributed by atoms with Crippen molar-refractivity contribution in [3.8, 4) is 0 Å². The number of nitrogens with zero attached hydrogens (tertiary/aromatic N) is 6. The molecule has 3 aromatic heterocycles. The minimum absolute atomic E-state index is 0.00834. The van der Waals surface area contributed by atoms with Gasteiger partial charge >= 0.3 is 18.1 Å². The second-order valence-corrected chi connectivity index (χ2v) is 27.9. The number of sulfonamides is 3. The lowest BCUT2D eigenvalue weighted by atomic mass is 9.96. The molecular formula is C63H81N15O12S3. The Morgan fingerprint density at radius 2 is 0.581 bits per heavy atom. The van der Waals surface area contributed by atoms with Gasteiger partial charge in [0.1, 0.15) is 17.1 Å². The van der Waals surface area contributed by atoms with Crippen LogP contribution in [-0.4, -0.2) is 129 Å². The predicted octanol–water partition coefficient (Wildman–Crippen LogP) is 6.23. The molecule has 3 saturated carbocycles. The number of carbonyl (C=O) groups excluding carboxylic acids is 6. The van der Waals surface area contributed by atoms with E-state index in [0.29, 0.717) is 38.9 Å². The van der Waals surface area contributed by atoms with Gasteiger partial charge in [-0.3, -0.25) is 29.3 Å². The Labute approximate surface area is 542 Å². The first kappa shape index (κ1) is 71.4. The van der Waals surface area contributed by atoms with Crippen LogP contribution in [0.15, 0.2) is 125 Å². The van der Waals surface area contributed by atoms with Gasteiger partial charge in [-0.2, -0.15) is 0 Å². The minimum Gasteiger partial charge on any atom is -0.350 e. The SMILES string of the molecule is Cc1cnc(C(=O)NCCc2ccc(S(=O)(=O)NC(=O)NC3CCCCC3)cc2)cn1.Cc1cnc(C(=O)NCCc2ccc(S(=O)(=O)NC(=O)NC3CCCCC3)cc2)cn1.Cc1cnc(C(=O)NCCc2ccc(S(=O)(=O)NC(=O)NC3CCCCC3)cc2)cn1. The third kappa shape index (κ3) is 24.2. The fraction of sp³-hybridized carbons (Fsp3) is 0.429. The molecule has 3 aliphatic rings. The molecule has 498 valence electrons. The summed E-state index contributed by atoms with van der Waals surface area (Å²) >= 11 is 0. The van der Waals surface area contributed by atoms with Crippen molar-refractivity contribution in [1.29, 1.82) is 0 Å². The molecule has 0 unspecified atom stereocenters. The van der Waals surface area contributed by atoms with Crippen LogP contribution in [0.25, 0.3) is 0 Å². The van der Waals surface area contributed by atoms with Crippen LogP contribution < -0.4 is 46.1 Å². The van der Waals surface area contributed by atoms with E-state index < -0.39 is 48.2 Å². The Kier molecular flexibility index (Phi) is 27.0. The van der Waals surface area contributed by atoms with Gasteiger partial charge in [-0.25, -0.2) is 68.8 Å². The summed E-state index contributed by atoms with van der Waals surface area (Å²) in [5.74, 6) is -0.959. The highest BCUT2D eigenvalue weighted by atomic mass is 32.2. The van der Waals surface area contributed by atoms with Crippen molar-refractivity contribution in [1.82, 2.24) is 76.0 Å². The van der Waals surface area contributed by atoms with E-state index in [0.717, 1.165) is 130 Å². The lowest BCUT2D eigenvalue weighted by Crippen LogP contribution is -2.45. The molecule has 0 spiro atoms. The first-order valence-corrected chi connectivity index (χ1v) is 35.4. The molecule has 6 aromatic rings. The van der Waals surface area contributed by atoms with E-state index in [-0.39, 0.29) is 67.6 Å². The number of benzene rings is 3. The zero-order valence-electron chi connectivity index (χ0n) is 52.3. The normalized spacial score (nSPS) is 14.6. The second kappa shape index (κ2) is 35.1. The van der Waals surface area contributed by atoms with Gasteiger partial charge in [0.25, 0.3) is 47.8 Å². The molecule has 0 radical (unpaired) electrons. The van der Waals surface area contributed by atoms with Gasteiger partial charge < -0.3 is 31.9 Å². The first-order chi connectivity index (χ1) is 44.5. The Bertz CT molecular complexity index is 3400. The number of nitrogens with one attached hydrogen (secondary N) is 9. The van der Waals surface area contributed by atoms with Crippen LogP contribution in [0.4, 0.5) is 14.4 Å². The maximum atomic E-state index is 12.4. The van der Waals surface area contributed by atoms with Gasteiger partial charge in [0.05, 0.1) is 50.4 Å². The van der Waals surface area contributed by atoms with Crippen molar-refractivity contribution < 1.29 is 54.0 Å². The molecule has 3 fully saturated rings. The van der Waals surface area contributed by atoms with Gasteiger partial charge in [0.15, 0.2) is 0 Å². The lowest BCUT2D eigenvalue weighted by molar-refractivity contribution is 0.0940. The fourth-order valence-corrected chi connectivity index (χ4v) is 12.9. The summed E-state index contributed by atoms with van der Waals surface area (Å²) in [5.41, 5.74) is 5.45. The highest BCUT2D eigenvalue weighted by Gasteiger charge is 2.25. The van der Waals surface area contributed by atoms with Gasteiger partial charge in [-0.15, -0.1) is 0 Å². The Hall–Kier alpha value is -9.03. The van der Waals surface area contributed by atoms with Crippen molar-refractivity contribution in [2.75, 3.05) is 19.6 Å². The summed E-state index contributed by atoms with van der Waals surface area (Å²) in [5, 5.41) is 16.5. The number of aryl methyl sites for hydroxylation is 3.